The number of rotatable bonds is 1. The average molecular weight is 314 g/mol. The Morgan fingerprint density at radius 2 is 1.65 bits per heavy atom. The van der Waals surface area contributed by atoms with Gasteiger partial charge in [0.15, 0.2) is 0 Å². The van der Waals surface area contributed by atoms with Crippen molar-refractivity contribution in [1.82, 2.24) is 0 Å². The van der Waals surface area contributed by atoms with Crippen molar-refractivity contribution in [1.29, 1.82) is 5.26 Å². The van der Waals surface area contributed by atoms with E-state index in [4.69, 9.17) is 0 Å². The summed E-state index contributed by atoms with van der Waals surface area (Å²) in [6, 6.07) is 2.68. The van der Waals surface area contributed by atoms with Gasteiger partial charge in [0.1, 0.15) is 0 Å². The van der Waals surface area contributed by atoms with Gasteiger partial charge in [0.05, 0.1) is 12.0 Å². The van der Waals surface area contributed by atoms with Crippen LogP contribution in [-0.2, 0) is 0 Å². The van der Waals surface area contributed by atoms with Gasteiger partial charge in [-0.05, 0) is 91.8 Å². The maximum absolute atomic E-state index is 9.62. The van der Waals surface area contributed by atoms with Gasteiger partial charge < -0.3 is 0 Å². The Hall–Kier alpha value is -0.510. The molecule has 0 saturated heterocycles. The van der Waals surface area contributed by atoms with Crippen LogP contribution in [0.1, 0.15) is 85.0 Å². The van der Waals surface area contributed by atoms with Crippen molar-refractivity contribution < 1.29 is 0 Å². The molecule has 0 spiro atoms. The van der Waals surface area contributed by atoms with Gasteiger partial charge in [-0.3, -0.25) is 0 Å². The number of hydrogen-bond donors (Lipinski definition) is 0. The van der Waals surface area contributed by atoms with Crippen LogP contribution >= 0.6 is 0 Å². The summed E-state index contributed by atoms with van der Waals surface area (Å²) in [4.78, 5) is 0. The third kappa shape index (κ3) is 2.16. The highest BCUT2D eigenvalue weighted by Crippen LogP contribution is 2.67. The number of hydrogen-bond acceptors (Lipinski definition) is 1. The van der Waals surface area contributed by atoms with E-state index in [-0.39, 0.29) is 0 Å². The van der Waals surface area contributed by atoms with Gasteiger partial charge in [0.25, 0.3) is 0 Å². The van der Waals surface area contributed by atoms with Crippen molar-refractivity contribution in [2.24, 2.45) is 46.3 Å². The van der Waals surface area contributed by atoms with Crippen LogP contribution in [0.4, 0.5) is 0 Å². The molecule has 0 N–H and O–H groups in total. The summed E-state index contributed by atoms with van der Waals surface area (Å²) in [7, 11) is 0. The smallest absolute Gasteiger partial charge is 0.0661 e. The molecule has 0 aromatic rings. The van der Waals surface area contributed by atoms with Crippen LogP contribution in [0, 0.1) is 57.7 Å². The van der Waals surface area contributed by atoms with Crippen molar-refractivity contribution in [2.75, 3.05) is 0 Å². The molecule has 0 heterocycles. The Labute approximate surface area is 143 Å². The lowest BCUT2D eigenvalue weighted by Gasteiger charge is -2.61. The lowest BCUT2D eigenvalue weighted by atomic mass is 9.44. The van der Waals surface area contributed by atoms with Gasteiger partial charge >= 0.3 is 0 Å². The molecule has 128 valence electrons. The molecule has 4 aliphatic rings. The molecule has 23 heavy (non-hydrogen) atoms. The molecule has 0 aliphatic heterocycles. The molecule has 4 fully saturated rings. The molecule has 1 heteroatoms. The molecule has 0 aromatic heterocycles. The Kier molecular flexibility index (Phi) is 3.82. The molecule has 8 unspecified atom stereocenters. The standard InChI is InChI=1S/C22H35N/c1-4-15-5-6-16-7-9-18-19-10-8-17(14-23)21(19,2)12-11-20(18)22(16,3)13-15/h15-20H,4-13H2,1-3H3. The van der Waals surface area contributed by atoms with Crippen LogP contribution in [0.5, 0.6) is 0 Å². The first-order chi connectivity index (χ1) is 11.0. The van der Waals surface area contributed by atoms with Gasteiger partial charge in [-0.25, -0.2) is 0 Å². The molecule has 4 aliphatic carbocycles. The lowest BCUT2D eigenvalue weighted by molar-refractivity contribution is -0.117. The van der Waals surface area contributed by atoms with Crippen molar-refractivity contribution in [3.63, 3.8) is 0 Å². The summed E-state index contributed by atoms with van der Waals surface area (Å²) >= 11 is 0. The predicted molar refractivity (Wildman–Crippen MR) is 94.6 cm³/mol. The second kappa shape index (κ2) is 5.50. The first-order valence-corrected chi connectivity index (χ1v) is 10.4. The summed E-state index contributed by atoms with van der Waals surface area (Å²) in [6.45, 7) is 7.55. The Morgan fingerprint density at radius 1 is 0.913 bits per heavy atom. The molecular weight excluding hydrogens is 278 g/mol. The van der Waals surface area contributed by atoms with Crippen LogP contribution < -0.4 is 0 Å². The minimum atomic E-state index is 0.341. The van der Waals surface area contributed by atoms with E-state index < -0.39 is 0 Å². The largest absolute Gasteiger partial charge is 0.198 e. The van der Waals surface area contributed by atoms with E-state index >= 15 is 0 Å². The molecule has 0 aromatic carbocycles. The van der Waals surface area contributed by atoms with E-state index in [1.54, 1.807) is 0 Å². The van der Waals surface area contributed by atoms with Gasteiger partial charge in [0, 0.05) is 0 Å². The summed E-state index contributed by atoms with van der Waals surface area (Å²) in [5.74, 6) is 5.08. The van der Waals surface area contributed by atoms with Crippen molar-refractivity contribution in [3.8, 4) is 6.07 Å². The molecule has 0 radical (unpaired) electrons. The highest BCUT2D eigenvalue weighted by atomic mass is 14.6. The molecule has 0 amide bonds. The second-order valence-electron chi connectivity index (χ2n) is 10.0. The zero-order valence-electron chi connectivity index (χ0n) is 15.5. The monoisotopic (exact) mass is 313 g/mol. The molecule has 4 rings (SSSR count). The van der Waals surface area contributed by atoms with Crippen LogP contribution in [0.25, 0.3) is 0 Å². The fraction of sp³-hybridized carbons (Fsp3) is 0.955. The first-order valence-electron chi connectivity index (χ1n) is 10.4. The van der Waals surface area contributed by atoms with Gasteiger partial charge in [0.2, 0.25) is 0 Å². The number of nitrogens with zero attached hydrogens (tertiary/aromatic N) is 1. The van der Waals surface area contributed by atoms with Gasteiger partial charge in [-0.1, -0.05) is 33.6 Å². The summed E-state index contributed by atoms with van der Waals surface area (Å²) < 4.78 is 0. The van der Waals surface area contributed by atoms with Crippen molar-refractivity contribution in [3.05, 3.63) is 0 Å². The topological polar surface area (TPSA) is 23.8 Å². The Bertz CT molecular complexity index is 505. The van der Waals surface area contributed by atoms with E-state index in [0.29, 0.717) is 16.7 Å². The zero-order valence-corrected chi connectivity index (χ0v) is 15.5. The van der Waals surface area contributed by atoms with E-state index in [0.717, 1.165) is 29.6 Å². The maximum Gasteiger partial charge on any atom is 0.0661 e. The van der Waals surface area contributed by atoms with E-state index in [2.05, 4.69) is 26.8 Å². The van der Waals surface area contributed by atoms with Crippen LogP contribution in [0.2, 0.25) is 0 Å². The van der Waals surface area contributed by atoms with Crippen LogP contribution in [0.15, 0.2) is 0 Å². The molecular formula is C22H35N. The van der Waals surface area contributed by atoms with Crippen molar-refractivity contribution in [2.45, 2.75) is 85.0 Å². The lowest BCUT2D eigenvalue weighted by Crippen LogP contribution is -2.53. The first kappa shape index (κ1) is 16.0. The molecule has 8 atom stereocenters. The minimum absolute atomic E-state index is 0.341. The fourth-order valence-electron chi connectivity index (χ4n) is 8.05. The van der Waals surface area contributed by atoms with E-state index in [9.17, 15) is 5.26 Å². The average Bonchev–Trinajstić information content (AvgIpc) is 2.90. The fourth-order valence-corrected chi connectivity index (χ4v) is 8.05. The van der Waals surface area contributed by atoms with E-state index in [1.807, 2.05) is 0 Å². The zero-order chi connectivity index (χ0) is 16.2. The van der Waals surface area contributed by atoms with Crippen molar-refractivity contribution >= 4 is 0 Å². The quantitative estimate of drug-likeness (QED) is 0.565. The summed E-state index contributed by atoms with van der Waals surface area (Å²) in [5, 5.41) is 9.62. The van der Waals surface area contributed by atoms with Crippen LogP contribution in [0.3, 0.4) is 0 Å². The Balaban J connectivity index is 1.62. The highest BCUT2D eigenvalue weighted by molar-refractivity contribution is 5.12. The predicted octanol–water partition coefficient (Wildman–Crippen LogP) is 6.20. The third-order valence-electron chi connectivity index (χ3n) is 9.45. The minimum Gasteiger partial charge on any atom is -0.198 e. The van der Waals surface area contributed by atoms with Crippen LogP contribution in [-0.4, -0.2) is 0 Å². The van der Waals surface area contributed by atoms with E-state index in [1.165, 1.54) is 64.2 Å². The third-order valence-corrected chi connectivity index (χ3v) is 9.45. The highest BCUT2D eigenvalue weighted by Gasteiger charge is 2.60. The normalized spacial score (nSPS) is 55.4. The Morgan fingerprint density at radius 3 is 2.39 bits per heavy atom. The maximum atomic E-state index is 9.62. The summed E-state index contributed by atoms with van der Waals surface area (Å²) in [5.41, 5.74) is 0.964. The summed E-state index contributed by atoms with van der Waals surface area (Å²) in [6.07, 6.45) is 14.1. The van der Waals surface area contributed by atoms with Gasteiger partial charge in [-0.15, -0.1) is 0 Å². The number of nitriles is 1. The SMILES string of the molecule is CCC1CCC2CCC3C4CCC(C#N)C4(C)CCC3C2(C)C1. The van der Waals surface area contributed by atoms with Gasteiger partial charge in [-0.2, -0.15) is 5.26 Å². The number of fused-ring (bicyclic) bond motifs is 5. The second-order valence-corrected chi connectivity index (χ2v) is 10.0. The molecule has 4 saturated carbocycles. The molecule has 0 bridgehead atoms. The molecule has 1 nitrogen and oxygen atoms in total.